The van der Waals surface area contributed by atoms with Crippen LogP contribution in [0, 0.1) is 10.5 Å². The van der Waals surface area contributed by atoms with E-state index in [1.165, 1.54) is 0 Å². The Bertz CT molecular complexity index is 622. The van der Waals surface area contributed by atoms with Crippen molar-refractivity contribution in [2.24, 2.45) is 0 Å². The summed E-state index contributed by atoms with van der Waals surface area (Å²) in [5, 5.41) is 0. The van der Waals surface area contributed by atoms with Crippen molar-refractivity contribution in [2.75, 3.05) is 4.43 Å². The molecule has 0 N–H and O–H groups in total. The normalized spacial score (nSPS) is 13.2. The molecule has 3 nitrogen and oxygen atoms in total. The summed E-state index contributed by atoms with van der Waals surface area (Å²) < 4.78 is 119. The Kier molecular flexibility index (Phi) is 7.88. The van der Waals surface area contributed by atoms with Crippen LogP contribution in [0.4, 0.5) is 35.1 Å². The standard InChI is InChI=1S/C10H9F5I.CHF3O3S/c1-7-2-4-8(5-3-7)16-6-9(11,12)10(13,14)15;2-1(3,4)8(5,6)7/h2-5H,6H2,1H3;(H,5,6,7)/q+1;/p-1. The Morgan fingerprint density at radius 2 is 1.33 bits per heavy atom. The second-order valence-corrected chi connectivity index (χ2v) is 8.31. The van der Waals surface area contributed by atoms with Crippen LogP contribution in [0.2, 0.25) is 0 Å². The van der Waals surface area contributed by atoms with E-state index in [9.17, 15) is 35.1 Å². The van der Waals surface area contributed by atoms with Gasteiger partial charge in [-0.05, 0) is 19.1 Å². The molecule has 0 spiro atoms. The quantitative estimate of drug-likeness (QED) is 0.200. The average Bonchev–Trinajstić information content (AvgIpc) is 2.35. The van der Waals surface area contributed by atoms with Gasteiger partial charge < -0.3 is 4.55 Å². The van der Waals surface area contributed by atoms with Crippen LogP contribution < -0.4 is 21.2 Å². The molecule has 140 valence electrons. The van der Waals surface area contributed by atoms with Gasteiger partial charge in [-0.25, -0.2) is 8.42 Å². The Labute approximate surface area is 142 Å². The summed E-state index contributed by atoms with van der Waals surface area (Å²) in [5.41, 5.74) is -4.69. The zero-order chi connectivity index (χ0) is 19.4. The minimum absolute atomic E-state index is 0.591. The molecule has 1 aromatic carbocycles. The molecule has 0 atom stereocenters. The highest BCUT2D eigenvalue weighted by atomic mass is 127. The summed E-state index contributed by atoms with van der Waals surface area (Å²) in [4.78, 5) is 0. The van der Waals surface area contributed by atoms with Crippen molar-refractivity contribution >= 4 is 10.1 Å². The lowest BCUT2D eigenvalue weighted by Gasteiger charge is -2.13. The number of benzene rings is 1. The van der Waals surface area contributed by atoms with Gasteiger partial charge in [0, 0.05) is 0 Å². The molecule has 13 heteroatoms. The summed E-state index contributed by atoms with van der Waals surface area (Å²) in [5.74, 6) is -4.56. The fraction of sp³-hybridized carbons (Fsp3) is 0.455. The van der Waals surface area contributed by atoms with Crippen molar-refractivity contribution < 1.29 is 69.3 Å². The number of hydrogen-bond donors (Lipinski definition) is 0. The highest BCUT2D eigenvalue weighted by molar-refractivity contribution is 7.86. The summed E-state index contributed by atoms with van der Waals surface area (Å²) in [6.07, 6.45) is -5.43. The van der Waals surface area contributed by atoms with E-state index < -0.39 is 53.4 Å². The first-order chi connectivity index (χ1) is 10.5. The molecule has 0 saturated carbocycles. The molecule has 0 bridgehead atoms. The van der Waals surface area contributed by atoms with E-state index in [0.717, 1.165) is 5.56 Å². The Morgan fingerprint density at radius 3 is 1.62 bits per heavy atom. The van der Waals surface area contributed by atoms with Gasteiger partial charge in [-0.15, -0.1) is 0 Å². The van der Waals surface area contributed by atoms with E-state index in [1.54, 1.807) is 24.3 Å². The molecule has 0 unspecified atom stereocenters. The molecule has 24 heavy (non-hydrogen) atoms. The maximum atomic E-state index is 12.6. The van der Waals surface area contributed by atoms with Crippen LogP contribution in [0.5, 0.6) is 0 Å². The Balaban J connectivity index is 0.000000561. The molecule has 0 aliphatic rings. The van der Waals surface area contributed by atoms with Gasteiger partial charge in [0.2, 0.25) is 4.43 Å². The fourth-order valence-electron chi connectivity index (χ4n) is 0.859. The topological polar surface area (TPSA) is 57.2 Å². The molecule has 0 aliphatic carbocycles. The van der Waals surface area contributed by atoms with Crippen LogP contribution in [-0.4, -0.2) is 35.0 Å². The number of hydrogen-bond acceptors (Lipinski definition) is 3. The Hall–Kier alpha value is -0.700. The summed E-state index contributed by atoms with van der Waals surface area (Å²) in [6.45, 7) is 1.83. The first-order valence-electron chi connectivity index (χ1n) is 5.60. The third-order valence-electron chi connectivity index (χ3n) is 2.10. The van der Waals surface area contributed by atoms with Crippen molar-refractivity contribution in [1.82, 2.24) is 0 Å². The largest absolute Gasteiger partial charge is 0.741 e. The third kappa shape index (κ3) is 7.92. The molecule has 0 saturated heterocycles. The van der Waals surface area contributed by atoms with Crippen molar-refractivity contribution in [2.45, 2.75) is 24.5 Å². The van der Waals surface area contributed by atoms with E-state index in [-0.39, 0.29) is 0 Å². The molecule has 0 heterocycles. The highest BCUT2D eigenvalue weighted by Gasteiger charge is 2.61. The lowest BCUT2D eigenvalue weighted by atomic mass is 10.2. The second-order valence-electron chi connectivity index (χ2n) is 4.16. The number of halogens is 9. The van der Waals surface area contributed by atoms with E-state index in [4.69, 9.17) is 13.0 Å². The van der Waals surface area contributed by atoms with Crippen LogP contribution in [-0.2, 0) is 10.1 Å². The maximum Gasteiger partial charge on any atom is 0.485 e. The van der Waals surface area contributed by atoms with E-state index in [0.29, 0.717) is 3.57 Å². The molecule has 1 aromatic rings. The smallest absolute Gasteiger partial charge is 0.485 e. The zero-order valence-electron chi connectivity index (χ0n) is 11.6. The van der Waals surface area contributed by atoms with Crippen molar-refractivity contribution in [3.8, 4) is 0 Å². The van der Waals surface area contributed by atoms with E-state index in [1.807, 2.05) is 6.92 Å². The van der Waals surface area contributed by atoms with E-state index in [2.05, 4.69) is 0 Å². The van der Waals surface area contributed by atoms with Crippen LogP contribution >= 0.6 is 0 Å². The van der Waals surface area contributed by atoms with Gasteiger partial charge in [-0.2, -0.15) is 35.1 Å². The summed E-state index contributed by atoms with van der Waals surface area (Å²) in [6, 6.07) is 6.63. The SMILES string of the molecule is Cc1ccc([I+]CC(F)(F)C(F)(F)F)cc1.O=S(=O)([O-])C(F)(F)F. The first-order valence-corrected chi connectivity index (χ1v) is 9.61. The molecular weight excluding hydrogens is 491 g/mol. The minimum Gasteiger partial charge on any atom is -0.741 e. The van der Waals surface area contributed by atoms with Gasteiger partial charge in [-0.3, -0.25) is 0 Å². The lowest BCUT2D eigenvalue weighted by Crippen LogP contribution is -3.63. The molecule has 1 rings (SSSR count). The van der Waals surface area contributed by atoms with E-state index >= 15 is 0 Å². The average molecular weight is 500 g/mol. The molecule has 0 aromatic heterocycles. The predicted molar refractivity (Wildman–Crippen MR) is 61.5 cm³/mol. The minimum atomic E-state index is -6.09. The molecular formula is C11H9F8IO3S. The monoisotopic (exact) mass is 500 g/mol. The van der Waals surface area contributed by atoms with Gasteiger partial charge in [0.05, 0.1) is 0 Å². The van der Waals surface area contributed by atoms with Gasteiger partial charge >= 0.3 is 38.8 Å². The third-order valence-corrected chi connectivity index (χ3v) is 5.60. The Morgan fingerprint density at radius 1 is 0.958 bits per heavy atom. The van der Waals surface area contributed by atoms with Crippen LogP contribution in [0.25, 0.3) is 0 Å². The van der Waals surface area contributed by atoms with Gasteiger partial charge in [-0.1, -0.05) is 17.7 Å². The second kappa shape index (κ2) is 8.12. The first kappa shape index (κ1) is 23.3. The maximum absolute atomic E-state index is 12.6. The number of alkyl halides is 9. The van der Waals surface area contributed by atoms with Gasteiger partial charge in [0.1, 0.15) is 0 Å². The number of rotatable bonds is 3. The van der Waals surface area contributed by atoms with Gasteiger partial charge in [0.15, 0.2) is 13.7 Å². The van der Waals surface area contributed by atoms with Crippen molar-refractivity contribution in [1.29, 1.82) is 0 Å². The fourth-order valence-corrected chi connectivity index (χ4v) is 3.08. The summed E-state index contributed by atoms with van der Waals surface area (Å²) in [7, 11) is -6.09. The van der Waals surface area contributed by atoms with Crippen molar-refractivity contribution in [3.05, 3.63) is 33.4 Å². The molecule has 0 radical (unpaired) electrons. The molecule has 0 fully saturated rings. The lowest BCUT2D eigenvalue weighted by molar-refractivity contribution is -0.651. The van der Waals surface area contributed by atoms with Crippen molar-refractivity contribution in [3.63, 3.8) is 0 Å². The zero-order valence-corrected chi connectivity index (χ0v) is 14.5. The van der Waals surface area contributed by atoms with Crippen LogP contribution in [0.1, 0.15) is 5.56 Å². The predicted octanol–water partition coefficient (Wildman–Crippen LogP) is 0.503. The van der Waals surface area contributed by atoms with Crippen LogP contribution in [0.15, 0.2) is 24.3 Å². The van der Waals surface area contributed by atoms with Crippen LogP contribution in [0.3, 0.4) is 0 Å². The molecule has 0 aliphatic heterocycles. The molecule has 0 amide bonds. The highest BCUT2D eigenvalue weighted by Crippen LogP contribution is 2.33. The number of aryl methyl sites for hydroxylation is 1. The summed E-state index contributed by atoms with van der Waals surface area (Å²) >= 11 is -1.31. The van der Waals surface area contributed by atoms with Gasteiger partial charge in [0.25, 0.3) is 0 Å².